The fourth-order valence-electron chi connectivity index (χ4n) is 3.64. The van der Waals surface area contributed by atoms with E-state index in [0.29, 0.717) is 30.5 Å². The molecule has 2 atom stereocenters. The van der Waals surface area contributed by atoms with Crippen molar-refractivity contribution in [1.29, 1.82) is 0 Å². The minimum absolute atomic E-state index is 0.0514. The Hall–Kier alpha value is -2.67. The molecule has 2 unspecified atom stereocenters. The minimum atomic E-state index is -2.86. The summed E-state index contributed by atoms with van der Waals surface area (Å²) in [4.78, 5) is 4.56. The highest BCUT2D eigenvalue weighted by atomic mass is 19.3. The lowest BCUT2D eigenvalue weighted by molar-refractivity contribution is -0.0504. The highest BCUT2D eigenvalue weighted by Crippen LogP contribution is 2.33. The molecule has 0 bridgehead atoms. The number of benzene rings is 2. The predicted octanol–water partition coefficient (Wildman–Crippen LogP) is 4.51. The Bertz CT molecular complexity index is 802. The van der Waals surface area contributed by atoms with Gasteiger partial charge in [-0.05, 0) is 31.4 Å². The van der Waals surface area contributed by atoms with Gasteiger partial charge in [0.2, 0.25) is 0 Å². The zero-order chi connectivity index (χ0) is 21.2. The second-order valence-electron chi connectivity index (χ2n) is 7.17. The minimum Gasteiger partial charge on any atom is -0.434 e. The van der Waals surface area contributed by atoms with Crippen LogP contribution in [0, 0.1) is 5.92 Å². The van der Waals surface area contributed by atoms with Crippen LogP contribution in [0.3, 0.4) is 0 Å². The third-order valence-corrected chi connectivity index (χ3v) is 5.05. The molecule has 7 heteroatoms. The standard InChI is InChI=1S/C23H29F2N3O2/c1-2-26-23(27-15-18-11-6-7-13-20(18)30-22(24)25)28-16-19-12-8-14-29-21(19)17-9-4-3-5-10-17/h3-7,9-11,13,19,21-22H,2,8,12,14-16H2,1H3,(H2,26,27,28). The van der Waals surface area contributed by atoms with Crippen LogP contribution in [-0.4, -0.2) is 32.3 Å². The van der Waals surface area contributed by atoms with Gasteiger partial charge in [0, 0.05) is 31.2 Å². The summed E-state index contributed by atoms with van der Waals surface area (Å²) in [6, 6.07) is 17.0. The number of guanidine groups is 1. The van der Waals surface area contributed by atoms with Gasteiger partial charge in [0.15, 0.2) is 5.96 Å². The van der Waals surface area contributed by atoms with Crippen molar-refractivity contribution in [2.45, 2.75) is 39.0 Å². The average Bonchev–Trinajstić information content (AvgIpc) is 2.77. The lowest BCUT2D eigenvalue weighted by atomic mass is 9.89. The molecule has 0 spiro atoms. The zero-order valence-corrected chi connectivity index (χ0v) is 17.2. The van der Waals surface area contributed by atoms with E-state index in [2.05, 4.69) is 32.5 Å². The van der Waals surface area contributed by atoms with E-state index in [0.717, 1.165) is 19.4 Å². The van der Waals surface area contributed by atoms with Gasteiger partial charge in [-0.15, -0.1) is 0 Å². The van der Waals surface area contributed by atoms with Crippen molar-refractivity contribution in [2.75, 3.05) is 19.7 Å². The smallest absolute Gasteiger partial charge is 0.387 e. The molecule has 3 rings (SSSR count). The van der Waals surface area contributed by atoms with Gasteiger partial charge in [-0.3, -0.25) is 0 Å². The van der Waals surface area contributed by atoms with Gasteiger partial charge < -0.3 is 20.1 Å². The van der Waals surface area contributed by atoms with Crippen molar-refractivity contribution in [3.8, 4) is 5.75 Å². The highest BCUT2D eigenvalue weighted by molar-refractivity contribution is 5.79. The van der Waals surface area contributed by atoms with Gasteiger partial charge in [0.1, 0.15) is 5.75 Å². The van der Waals surface area contributed by atoms with Gasteiger partial charge in [-0.2, -0.15) is 8.78 Å². The number of para-hydroxylation sites is 1. The van der Waals surface area contributed by atoms with Crippen LogP contribution < -0.4 is 15.4 Å². The topological polar surface area (TPSA) is 54.9 Å². The number of nitrogens with one attached hydrogen (secondary N) is 2. The first kappa shape index (κ1) is 22.0. The highest BCUT2D eigenvalue weighted by Gasteiger charge is 2.27. The maximum Gasteiger partial charge on any atom is 0.387 e. The molecule has 1 saturated heterocycles. The van der Waals surface area contributed by atoms with Gasteiger partial charge >= 0.3 is 6.61 Å². The Morgan fingerprint density at radius 1 is 1.13 bits per heavy atom. The molecule has 1 aliphatic heterocycles. The van der Waals surface area contributed by atoms with Crippen molar-refractivity contribution in [3.05, 3.63) is 65.7 Å². The molecule has 5 nitrogen and oxygen atoms in total. The van der Waals surface area contributed by atoms with E-state index in [1.165, 1.54) is 11.6 Å². The first-order valence-electron chi connectivity index (χ1n) is 10.4. The summed E-state index contributed by atoms with van der Waals surface area (Å²) in [7, 11) is 0. The number of nitrogens with zero attached hydrogens (tertiary/aromatic N) is 1. The lowest BCUT2D eigenvalue weighted by Gasteiger charge is -2.32. The third-order valence-electron chi connectivity index (χ3n) is 5.05. The molecule has 1 aliphatic rings. The molecular formula is C23H29F2N3O2. The van der Waals surface area contributed by atoms with E-state index in [1.807, 2.05) is 25.1 Å². The summed E-state index contributed by atoms with van der Waals surface area (Å²) in [5.74, 6) is 1.11. The van der Waals surface area contributed by atoms with Crippen LogP contribution in [0.25, 0.3) is 0 Å². The molecule has 1 fully saturated rings. The number of ether oxygens (including phenoxy) is 2. The first-order valence-corrected chi connectivity index (χ1v) is 10.4. The molecule has 0 aromatic heterocycles. The van der Waals surface area contributed by atoms with Crippen LogP contribution in [0.1, 0.15) is 37.0 Å². The third kappa shape index (κ3) is 6.42. The molecule has 1 heterocycles. The van der Waals surface area contributed by atoms with E-state index in [4.69, 9.17) is 4.74 Å². The van der Waals surface area contributed by atoms with Crippen LogP contribution in [0.4, 0.5) is 8.78 Å². The van der Waals surface area contributed by atoms with E-state index in [-0.39, 0.29) is 18.4 Å². The molecule has 0 aliphatic carbocycles. The van der Waals surface area contributed by atoms with Gasteiger partial charge in [-0.25, -0.2) is 4.99 Å². The number of halogens is 2. The normalized spacial score (nSPS) is 19.5. The molecule has 162 valence electrons. The van der Waals surface area contributed by atoms with E-state index >= 15 is 0 Å². The van der Waals surface area contributed by atoms with Crippen molar-refractivity contribution in [2.24, 2.45) is 10.9 Å². The van der Waals surface area contributed by atoms with Crippen LogP contribution >= 0.6 is 0 Å². The molecular weight excluding hydrogens is 388 g/mol. The van der Waals surface area contributed by atoms with Crippen LogP contribution in [0.5, 0.6) is 5.75 Å². The largest absolute Gasteiger partial charge is 0.434 e. The number of hydrogen-bond donors (Lipinski definition) is 2. The predicted molar refractivity (Wildman–Crippen MR) is 114 cm³/mol. The lowest BCUT2D eigenvalue weighted by Crippen LogP contribution is -2.42. The summed E-state index contributed by atoms with van der Waals surface area (Å²) in [6.45, 7) is 1.54. The molecule has 2 N–H and O–H groups in total. The quantitative estimate of drug-likeness (QED) is 0.490. The first-order chi connectivity index (χ1) is 14.7. The fourth-order valence-corrected chi connectivity index (χ4v) is 3.64. The summed E-state index contributed by atoms with van der Waals surface area (Å²) in [6.07, 6.45) is 2.15. The van der Waals surface area contributed by atoms with Crippen LogP contribution in [-0.2, 0) is 11.3 Å². The fraction of sp³-hybridized carbons (Fsp3) is 0.435. The number of rotatable bonds is 8. The Morgan fingerprint density at radius 2 is 1.90 bits per heavy atom. The van der Waals surface area contributed by atoms with E-state index in [1.54, 1.807) is 18.2 Å². The van der Waals surface area contributed by atoms with Crippen LogP contribution in [0.15, 0.2) is 59.6 Å². The number of hydrogen-bond acceptors (Lipinski definition) is 3. The maximum absolute atomic E-state index is 12.6. The second kappa shape index (κ2) is 11.5. The molecule has 30 heavy (non-hydrogen) atoms. The van der Waals surface area contributed by atoms with Crippen LogP contribution in [0.2, 0.25) is 0 Å². The zero-order valence-electron chi connectivity index (χ0n) is 17.2. The Labute approximate surface area is 176 Å². The Balaban J connectivity index is 1.65. The molecule has 0 saturated carbocycles. The summed E-state index contributed by atoms with van der Waals surface area (Å²) < 4.78 is 35.9. The maximum atomic E-state index is 12.6. The van der Waals surface area contributed by atoms with Crippen molar-refractivity contribution in [1.82, 2.24) is 10.6 Å². The molecule has 0 amide bonds. The van der Waals surface area contributed by atoms with Crippen molar-refractivity contribution in [3.63, 3.8) is 0 Å². The van der Waals surface area contributed by atoms with Gasteiger partial charge in [0.05, 0.1) is 12.6 Å². The molecule has 2 aromatic rings. The van der Waals surface area contributed by atoms with E-state index < -0.39 is 6.61 Å². The Morgan fingerprint density at radius 3 is 2.67 bits per heavy atom. The summed E-state index contributed by atoms with van der Waals surface area (Å²) >= 11 is 0. The van der Waals surface area contributed by atoms with Crippen molar-refractivity contribution >= 4 is 5.96 Å². The van der Waals surface area contributed by atoms with Gasteiger partial charge in [0.25, 0.3) is 0 Å². The number of alkyl halides is 2. The average molecular weight is 418 g/mol. The summed E-state index contributed by atoms with van der Waals surface area (Å²) in [5.41, 5.74) is 1.79. The molecule has 2 aromatic carbocycles. The monoisotopic (exact) mass is 417 g/mol. The van der Waals surface area contributed by atoms with Crippen molar-refractivity contribution < 1.29 is 18.3 Å². The number of aliphatic imine (C=N–C) groups is 1. The second-order valence-corrected chi connectivity index (χ2v) is 7.17. The summed E-state index contributed by atoms with van der Waals surface area (Å²) in [5, 5.41) is 6.61. The van der Waals surface area contributed by atoms with E-state index in [9.17, 15) is 8.78 Å². The molecule has 0 radical (unpaired) electrons. The SMILES string of the molecule is CCNC(=NCc1ccccc1OC(F)F)NCC1CCCOC1c1ccccc1. The Kier molecular flexibility index (Phi) is 8.44. The van der Waals surface area contributed by atoms with Gasteiger partial charge in [-0.1, -0.05) is 48.5 Å².